The molecule has 8 N–H and O–H groups in total. The number of aromatic nitrogens is 8. The van der Waals surface area contributed by atoms with Gasteiger partial charge in [0.1, 0.15) is 0 Å². The first kappa shape index (κ1) is 111. The van der Waals surface area contributed by atoms with Crippen molar-refractivity contribution >= 4 is 0 Å². The van der Waals surface area contributed by atoms with Gasteiger partial charge in [-0.05, 0) is 162 Å². The molecule has 4 aromatic heterocycles. The van der Waals surface area contributed by atoms with Gasteiger partial charge in [-0.25, -0.2) is 0 Å². The van der Waals surface area contributed by atoms with E-state index in [2.05, 4.69) is 231 Å². The molecular weight excluding hydrogens is 2250 g/mol. The summed E-state index contributed by atoms with van der Waals surface area (Å²) < 4.78 is 0. The fourth-order valence-corrected chi connectivity index (χ4v) is 13.2. The van der Waals surface area contributed by atoms with Crippen molar-refractivity contribution in [2.75, 3.05) is 0 Å². The van der Waals surface area contributed by atoms with Crippen molar-refractivity contribution in [2.45, 2.75) is 220 Å². The molecule has 0 fully saturated rings. The van der Waals surface area contributed by atoms with Crippen LogP contribution in [0, 0.1) is 114 Å². The minimum absolute atomic E-state index is 0. The van der Waals surface area contributed by atoms with Gasteiger partial charge in [0.05, 0.1) is 83.5 Å². The average Bonchev–Trinajstić information content (AvgIpc) is 0.793. The van der Waals surface area contributed by atoms with Gasteiger partial charge in [0.25, 0.3) is 0 Å². The number of hydrogen-bond acceptors (Lipinski definition) is 16. The number of hydrogen-bond donors (Lipinski definition) is 8. The standard InChI is InChI=1S/C24H19N2.2C20H19N2.C19H17N2.4C5H12O2.4Ir/c1-17-13-18(2)15-21(14-17)24-25-16-22(19-9-5-3-6-10-19)23(26-24)20-11-7-4-8-12-20;1-13-5-14(2)8-17(7-13)19-11-21-20(22-12-19)18-9-15(3)6-16(4)10-18;1-13-7-14(2)10-17(9-13)19-5-6-21-20(22-19)18-11-15(3)8-16(4)12-18;1-13-9-14(2)11-17(10-13)19-20-12-18(15(3)21-19)16-7-5-4-6-8-16;4*1-4(6)3-5(2)7;;;;/h3-14,16H,1-2H3;5-9,11-12H,1-4H3;5-11H,1-4H3;4-10,12H,1-3H3;4*4-7H,3H2,1-2H3;;;;/q4*-1;;;;;;;;. The van der Waals surface area contributed by atoms with Crippen LogP contribution in [0.2, 0.25) is 0 Å². The molecule has 0 amide bonds. The molecule has 0 aliphatic carbocycles. The van der Waals surface area contributed by atoms with E-state index >= 15 is 0 Å². The van der Waals surface area contributed by atoms with Gasteiger partial charge in [0.2, 0.25) is 0 Å². The van der Waals surface area contributed by atoms with E-state index in [9.17, 15) is 0 Å². The zero-order chi connectivity index (χ0) is 87.6. The Balaban J connectivity index is 0.000000499. The van der Waals surface area contributed by atoms with Crippen LogP contribution >= 0.6 is 0 Å². The Kier molecular flexibility index (Phi) is 50.8. The Hall–Kier alpha value is -8.42. The Labute approximate surface area is 785 Å². The summed E-state index contributed by atoms with van der Waals surface area (Å²) >= 11 is 0. The summed E-state index contributed by atoms with van der Waals surface area (Å²) in [5, 5.41) is 68.5. The second kappa shape index (κ2) is 56.5. The maximum Gasteiger partial charge on any atom is 0.0756 e. The second-order valence-electron chi connectivity index (χ2n) is 31.3. The van der Waals surface area contributed by atoms with Crippen LogP contribution < -0.4 is 0 Å². The van der Waals surface area contributed by atoms with Gasteiger partial charge in [-0.15, -0.1) is 140 Å². The minimum Gasteiger partial charge on any atom is -0.393 e. The number of benzene rings is 9. The predicted octanol–water partition coefficient (Wildman–Crippen LogP) is 20.7. The molecule has 9 aromatic carbocycles. The van der Waals surface area contributed by atoms with Gasteiger partial charge < -0.3 is 40.9 Å². The summed E-state index contributed by atoms with van der Waals surface area (Å²) in [5.74, 6) is 2.89. The number of aliphatic hydroxyl groups is 8. The molecule has 13 aromatic rings. The van der Waals surface area contributed by atoms with E-state index in [4.69, 9.17) is 50.8 Å². The summed E-state index contributed by atoms with van der Waals surface area (Å²) in [4.78, 5) is 37.0. The van der Waals surface area contributed by atoms with Crippen molar-refractivity contribution < 1.29 is 121 Å². The molecule has 13 rings (SSSR count). The van der Waals surface area contributed by atoms with Crippen LogP contribution in [0.5, 0.6) is 0 Å². The van der Waals surface area contributed by atoms with Crippen LogP contribution in [0.15, 0.2) is 213 Å². The maximum atomic E-state index is 8.56. The Morgan fingerprint density at radius 3 is 0.846 bits per heavy atom. The van der Waals surface area contributed by atoms with Crippen LogP contribution in [0.3, 0.4) is 0 Å². The average molecular weight is 2370 g/mol. The first-order chi connectivity index (χ1) is 56.4. The number of aryl methyl sites for hydroxylation is 13. The summed E-state index contributed by atoms with van der Waals surface area (Å²) in [6.07, 6.45) is 8.31. The van der Waals surface area contributed by atoms with Crippen LogP contribution in [0.1, 0.15) is 154 Å². The SMILES string of the molecule is CC(O)CC(C)O.CC(O)CC(C)O.CC(O)CC(C)O.CC(O)CC(C)O.Cc1[c-]c(-c2ncc(-c3cc(C)cc(C)c3)cn2)cc(C)c1.Cc1[c-]c(-c2ncc(-c3ccccc3)c(-c3ccccc3)n2)cc(C)c1.Cc1[c-]c(-c2ncc(-c3ccccc3)c(C)n2)cc(C)c1.Cc1[c-]c(-c2nccc(-c3cc(C)cc(C)c3)n2)cc(C)c1.[Ir].[Ir].[Ir].[Ir]. The maximum absolute atomic E-state index is 8.56. The van der Waals surface area contributed by atoms with Gasteiger partial charge in [0, 0.05) is 134 Å². The van der Waals surface area contributed by atoms with Crippen molar-refractivity contribution in [3.05, 3.63) is 310 Å². The minimum atomic E-state index is -0.375. The molecule has 0 aliphatic rings. The molecule has 4 radical (unpaired) electrons. The van der Waals surface area contributed by atoms with Crippen molar-refractivity contribution in [1.29, 1.82) is 0 Å². The smallest absolute Gasteiger partial charge is 0.0756 e. The van der Waals surface area contributed by atoms with Crippen molar-refractivity contribution in [3.63, 3.8) is 0 Å². The van der Waals surface area contributed by atoms with E-state index in [-0.39, 0.29) is 129 Å². The Bertz CT molecular complexity index is 4910. The zero-order valence-corrected chi connectivity index (χ0v) is 84.2. The normalized spacial score (nSPS) is 12.2. The fraction of sp³-hybridized carbons (Fsp3) is 0.320. The summed E-state index contributed by atoms with van der Waals surface area (Å²) in [6.45, 7) is 40.2. The molecule has 8 unspecified atom stereocenters. The molecule has 662 valence electrons. The van der Waals surface area contributed by atoms with Crippen LogP contribution in [0.25, 0.3) is 101 Å². The molecule has 123 heavy (non-hydrogen) atoms. The van der Waals surface area contributed by atoms with Gasteiger partial charge in [-0.3, -0.25) is 39.9 Å². The Morgan fingerprint density at radius 1 is 0.252 bits per heavy atom. The van der Waals surface area contributed by atoms with Crippen molar-refractivity contribution in [1.82, 2.24) is 39.9 Å². The third-order valence-electron chi connectivity index (χ3n) is 17.6. The molecular formula is C103H122Ir4N8O8-4. The van der Waals surface area contributed by atoms with E-state index in [1.54, 1.807) is 55.4 Å². The van der Waals surface area contributed by atoms with Gasteiger partial charge in [-0.1, -0.05) is 193 Å². The van der Waals surface area contributed by atoms with Gasteiger partial charge in [-0.2, -0.15) is 0 Å². The molecule has 0 aliphatic heterocycles. The quantitative estimate of drug-likeness (QED) is 0.0394. The molecule has 20 heteroatoms. The van der Waals surface area contributed by atoms with E-state index in [1.165, 1.54) is 44.5 Å². The monoisotopic (exact) mass is 2370 g/mol. The molecule has 0 bridgehead atoms. The third-order valence-corrected chi connectivity index (χ3v) is 17.6. The summed E-state index contributed by atoms with van der Waals surface area (Å²) in [5.41, 5.74) is 29.6. The predicted molar refractivity (Wildman–Crippen MR) is 486 cm³/mol. The number of aliphatic hydroxyl groups excluding tert-OH is 8. The first-order valence-corrected chi connectivity index (χ1v) is 40.5. The molecule has 4 heterocycles. The molecule has 0 saturated heterocycles. The van der Waals surface area contributed by atoms with Gasteiger partial charge >= 0.3 is 0 Å². The number of rotatable bonds is 17. The van der Waals surface area contributed by atoms with E-state index in [0.717, 1.165) is 124 Å². The summed E-state index contributed by atoms with van der Waals surface area (Å²) in [7, 11) is 0. The largest absolute Gasteiger partial charge is 0.393 e. The van der Waals surface area contributed by atoms with Gasteiger partial charge in [0.15, 0.2) is 0 Å². The Morgan fingerprint density at radius 2 is 0.528 bits per heavy atom. The van der Waals surface area contributed by atoms with Crippen LogP contribution in [-0.2, 0) is 80.4 Å². The second-order valence-corrected chi connectivity index (χ2v) is 31.3. The molecule has 16 nitrogen and oxygen atoms in total. The third kappa shape index (κ3) is 41.1. The van der Waals surface area contributed by atoms with Crippen LogP contribution in [0.4, 0.5) is 0 Å². The molecule has 8 atom stereocenters. The van der Waals surface area contributed by atoms with Crippen LogP contribution in [-0.4, -0.2) is 130 Å². The zero-order valence-electron chi connectivity index (χ0n) is 74.6. The van der Waals surface area contributed by atoms with Crippen molar-refractivity contribution in [3.8, 4) is 101 Å². The molecule has 0 saturated carbocycles. The van der Waals surface area contributed by atoms with E-state index in [1.807, 2.05) is 126 Å². The summed E-state index contributed by atoms with van der Waals surface area (Å²) in [6, 6.07) is 75.8. The molecule has 0 spiro atoms. The number of nitrogens with zero attached hydrogens (tertiary/aromatic N) is 8. The van der Waals surface area contributed by atoms with E-state index < -0.39 is 0 Å². The van der Waals surface area contributed by atoms with Crippen molar-refractivity contribution in [2.24, 2.45) is 0 Å². The van der Waals surface area contributed by atoms with E-state index in [0.29, 0.717) is 31.5 Å². The first-order valence-electron chi connectivity index (χ1n) is 40.5. The topological polar surface area (TPSA) is 265 Å². The fourth-order valence-electron chi connectivity index (χ4n) is 13.2.